The number of amides is 1. The topological polar surface area (TPSA) is 83.9 Å². The normalized spacial score (nSPS) is 14.0. The minimum atomic E-state index is -0.608. The highest BCUT2D eigenvalue weighted by Crippen LogP contribution is 2.28. The summed E-state index contributed by atoms with van der Waals surface area (Å²) in [5.41, 5.74) is 7.53. The second-order valence-electron chi connectivity index (χ2n) is 9.12. The van der Waals surface area contributed by atoms with Crippen LogP contribution in [-0.2, 0) is 4.74 Å². The molecule has 0 saturated heterocycles. The van der Waals surface area contributed by atoms with E-state index >= 15 is 0 Å². The zero-order valence-corrected chi connectivity index (χ0v) is 21.5. The molecule has 2 N–H and O–H groups in total. The predicted molar refractivity (Wildman–Crippen MR) is 148 cm³/mol. The number of carbonyl (C=O) groups excluding carboxylic acids is 1. The molecule has 1 aliphatic rings. The molecule has 188 valence electrons. The van der Waals surface area contributed by atoms with E-state index in [1.807, 2.05) is 99.6 Å². The first-order chi connectivity index (χ1) is 17.8. The van der Waals surface area contributed by atoms with Crippen LogP contribution in [0, 0.1) is 13.8 Å². The molecule has 1 amide bonds. The van der Waals surface area contributed by atoms with Crippen LogP contribution >= 0.6 is 0 Å². The van der Waals surface area contributed by atoms with Crippen LogP contribution < -0.4 is 15.1 Å². The lowest BCUT2D eigenvalue weighted by molar-refractivity contribution is 0.153. The molecule has 3 heterocycles. The van der Waals surface area contributed by atoms with Crippen LogP contribution in [0.25, 0.3) is 17.0 Å². The minimum Gasteiger partial charge on any atom is -0.494 e. The zero-order valence-electron chi connectivity index (χ0n) is 21.5. The summed E-state index contributed by atoms with van der Waals surface area (Å²) in [4.78, 5) is 28.9. The van der Waals surface area contributed by atoms with Crippen LogP contribution in [0.2, 0.25) is 0 Å². The van der Waals surface area contributed by atoms with Crippen molar-refractivity contribution in [2.45, 2.75) is 13.8 Å². The number of nitrogens with one attached hydrogen (secondary N) is 2. The molecule has 37 heavy (non-hydrogen) atoms. The Morgan fingerprint density at radius 1 is 1.08 bits per heavy atom. The van der Waals surface area contributed by atoms with Crippen molar-refractivity contribution in [2.75, 3.05) is 31.4 Å². The third-order valence-corrected chi connectivity index (χ3v) is 6.19. The van der Waals surface area contributed by atoms with Gasteiger partial charge in [0, 0.05) is 48.3 Å². The van der Waals surface area contributed by atoms with E-state index in [2.05, 4.69) is 16.4 Å². The largest absolute Gasteiger partial charge is 0.494 e. The van der Waals surface area contributed by atoms with Gasteiger partial charge in [-0.2, -0.15) is 4.73 Å². The molecule has 0 atom stereocenters. The summed E-state index contributed by atoms with van der Waals surface area (Å²) in [7, 11) is 5.54. The first kappa shape index (κ1) is 24.0. The second kappa shape index (κ2) is 9.73. The summed E-state index contributed by atoms with van der Waals surface area (Å²) in [6, 6.07) is 19.3. The first-order valence-electron chi connectivity index (χ1n) is 11.9. The lowest BCUT2D eigenvalue weighted by atomic mass is 10.2. The number of aromatic amines is 1. The number of para-hydroxylation sites is 1. The fraction of sp³-hybridized carbons (Fsp3) is 0.172. The van der Waals surface area contributed by atoms with Gasteiger partial charge < -0.3 is 19.5 Å². The van der Waals surface area contributed by atoms with Crippen molar-refractivity contribution in [3.8, 4) is 0 Å². The first-order valence-corrected chi connectivity index (χ1v) is 11.9. The summed E-state index contributed by atoms with van der Waals surface area (Å²) in [5.74, 6) is 0.629. The number of hydrogen-bond donors (Lipinski definition) is 2. The number of ether oxygens (including phenoxy) is 1. The number of allylic oxidation sites excluding steroid dienone is 1. The van der Waals surface area contributed by atoms with Crippen molar-refractivity contribution < 1.29 is 14.4 Å². The monoisotopic (exact) mass is 495 g/mol. The molecule has 0 unspecified atom stereocenters. The van der Waals surface area contributed by atoms with Crippen LogP contribution in [0.15, 0.2) is 83.2 Å². The molecule has 5 rings (SSSR count). The number of fused-ring (bicyclic) bond motifs is 1. The quantitative estimate of drug-likeness (QED) is 0.360. The zero-order chi connectivity index (χ0) is 26.1. The van der Waals surface area contributed by atoms with Crippen molar-refractivity contribution >= 4 is 40.2 Å². The second-order valence-corrected chi connectivity index (χ2v) is 9.12. The lowest BCUT2D eigenvalue weighted by Crippen LogP contribution is -2.27. The number of hydrogen-bond acceptors (Lipinski definition) is 5. The van der Waals surface area contributed by atoms with E-state index in [4.69, 9.17) is 14.6 Å². The van der Waals surface area contributed by atoms with E-state index in [1.54, 1.807) is 7.11 Å². The molecular formula is C29H29N5O3. The molecule has 0 saturated carbocycles. The SMILES string of the molecule is COC1=CC(c2cc3ccccc3n2OC(=O)Nc2ccc(N(C)C)cc2)=NC1=Cc1[nH]c(C)cc1C. The van der Waals surface area contributed by atoms with Gasteiger partial charge in [0.1, 0.15) is 17.2 Å². The van der Waals surface area contributed by atoms with Crippen LogP contribution in [-0.4, -0.2) is 42.7 Å². The van der Waals surface area contributed by atoms with Crippen molar-refractivity contribution in [3.05, 3.63) is 101 Å². The predicted octanol–water partition coefficient (Wildman–Crippen LogP) is 5.69. The highest BCUT2D eigenvalue weighted by atomic mass is 16.7. The van der Waals surface area contributed by atoms with Gasteiger partial charge in [0.2, 0.25) is 0 Å². The Morgan fingerprint density at radius 3 is 2.51 bits per heavy atom. The summed E-state index contributed by atoms with van der Waals surface area (Å²) < 4.78 is 7.13. The summed E-state index contributed by atoms with van der Waals surface area (Å²) in [6.45, 7) is 4.06. The number of carbonyl (C=O) groups is 1. The molecule has 8 heteroatoms. The van der Waals surface area contributed by atoms with E-state index < -0.39 is 6.09 Å². The number of anilines is 2. The summed E-state index contributed by atoms with van der Waals surface area (Å²) in [5, 5.41) is 3.72. The molecule has 0 radical (unpaired) electrons. The number of aromatic nitrogens is 2. The lowest BCUT2D eigenvalue weighted by Gasteiger charge is -2.14. The van der Waals surface area contributed by atoms with Gasteiger partial charge in [-0.05, 0) is 68.0 Å². The maximum absolute atomic E-state index is 12.9. The number of methoxy groups -OCH3 is 1. The van der Waals surface area contributed by atoms with E-state index in [0.717, 1.165) is 33.5 Å². The van der Waals surface area contributed by atoms with Gasteiger partial charge in [-0.1, -0.05) is 18.2 Å². The molecule has 8 nitrogen and oxygen atoms in total. The third-order valence-electron chi connectivity index (χ3n) is 6.19. The molecule has 0 aliphatic carbocycles. The highest BCUT2D eigenvalue weighted by Gasteiger charge is 2.23. The number of rotatable bonds is 6. The Bertz CT molecular complexity index is 1570. The number of aliphatic imine (C=N–C) groups is 1. The Morgan fingerprint density at radius 2 is 1.84 bits per heavy atom. The standard InChI is InChI=1S/C29H29N5O3/c1-18-14-19(2)30-23(18)16-25-28(36-5)17-24(32-25)27-15-20-8-6-7-9-26(20)34(27)37-29(35)31-21-10-12-22(13-11-21)33(3)4/h6-17,30H,1-5H3,(H,31,35). The average molecular weight is 496 g/mol. The summed E-state index contributed by atoms with van der Waals surface area (Å²) >= 11 is 0. The Balaban J connectivity index is 1.48. The maximum atomic E-state index is 12.9. The smallest absolute Gasteiger partial charge is 0.436 e. The van der Waals surface area contributed by atoms with E-state index in [0.29, 0.717) is 28.5 Å². The van der Waals surface area contributed by atoms with Crippen LogP contribution in [0.3, 0.4) is 0 Å². The van der Waals surface area contributed by atoms with Crippen LogP contribution in [0.5, 0.6) is 0 Å². The Kier molecular flexibility index (Phi) is 6.31. The molecule has 0 bridgehead atoms. The van der Waals surface area contributed by atoms with Gasteiger partial charge >= 0.3 is 6.09 Å². The van der Waals surface area contributed by atoms with E-state index in [-0.39, 0.29) is 0 Å². The number of aryl methyl sites for hydroxylation is 2. The van der Waals surface area contributed by atoms with Crippen molar-refractivity contribution in [3.63, 3.8) is 0 Å². The Labute approximate surface area is 215 Å². The molecule has 4 aromatic rings. The number of nitrogens with zero attached hydrogens (tertiary/aromatic N) is 3. The molecular weight excluding hydrogens is 466 g/mol. The summed E-state index contributed by atoms with van der Waals surface area (Å²) in [6.07, 6.45) is 3.20. The van der Waals surface area contributed by atoms with Crippen LogP contribution in [0.1, 0.15) is 22.6 Å². The average Bonchev–Trinajstić information content (AvgIpc) is 3.54. The third kappa shape index (κ3) is 4.86. The van der Waals surface area contributed by atoms with Crippen molar-refractivity contribution in [2.24, 2.45) is 4.99 Å². The van der Waals surface area contributed by atoms with Gasteiger partial charge in [0.05, 0.1) is 18.3 Å². The molecule has 0 spiro atoms. The van der Waals surface area contributed by atoms with E-state index in [1.165, 1.54) is 4.73 Å². The molecule has 2 aromatic carbocycles. The van der Waals surface area contributed by atoms with Crippen molar-refractivity contribution in [1.82, 2.24) is 9.71 Å². The minimum absolute atomic E-state index is 0.608. The molecule has 1 aliphatic heterocycles. The van der Waals surface area contributed by atoms with E-state index in [9.17, 15) is 4.79 Å². The van der Waals surface area contributed by atoms with Gasteiger partial charge in [-0.15, -0.1) is 0 Å². The fourth-order valence-electron chi connectivity index (χ4n) is 4.32. The van der Waals surface area contributed by atoms with Gasteiger partial charge in [-0.3, -0.25) is 5.32 Å². The maximum Gasteiger partial charge on any atom is 0.436 e. The van der Waals surface area contributed by atoms with Gasteiger partial charge in [0.25, 0.3) is 0 Å². The molecule has 2 aromatic heterocycles. The van der Waals surface area contributed by atoms with Gasteiger partial charge in [-0.25, -0.2) is 9.79 Å². The Hall–Kier alpha value is -4.72. The van der Waals surface area contributed by atoms with Crippen molar-refractivity contribution in [1.29, 1.82) is 0 Å². The van der Waals surface area contributed by atoms with Crippen LogP contribution in [0.4, 0.5) is 16.2 Å². The molecule has 0 fully saturated rings. The number of H-pyrrole nitrogens is 1. The fourth-order valence-corrected chi connectivity index (χ4v) is 4.32. The number of benzene rings is 2. The highest BCUT2D eigenvalue weighted by molar-refractivity contribution is 6.13. The van der Waals surface area contributed by atoms with Gasteiger partial charge in [0.15, 0.2) is 0 Å².